The van der Waals surface area contributed by atoms with Gasteiger partial charge >= 0.3 is 6.18 Å². The molecular formula is C18H18F3N5O3S. The largest absolute Gasteiger partial charge is 0.433 e. The molecule has 3 rings (SSSR count). The molecule has 30 heavy (non-hydrogen) atoms. The van der Waals surface area contributed by atoms with Crippen molar-refractivity contribution < 1.29 is 26.4 Å². The van der Waals surface area contributed by atoms with E-state index < -0.39 is 21.7 Å². The SMILES string of the molecule is CCS(=O)(=O)c1cc(N(C)C(C)=O)cnc1-c1nc2cc(C(F)(F)F)ncc2n1C. The van der Waals surface area contributed by atoms with Gasteiger partial charge in [-0.15, -0.1) is 0 Å². The average molecular weight is 441 g/mol. The third kappa shape index (κ3) is 3.74. The quantitative estimate of drug-likeness (QED) is 0.618. The van der Waals surface area contributed by atoms with Crippen LogP contribution in [0.1, 0.15) is 19.5 Å². The number of hydrogen-bond acceptors (Lipinski definition) is 6. The summed E-state index contributed by atoms with van der Waals surface area (Å²) in [6, 6.07) is 2.10. The predicted molar refractivity (Wildman–Crippen MR) is 104 cm³/mol. The number of sulfone groups is 1. The minimum absolute atomic E-state index is 0.00130. The van der Waals surface area contributed by atoms with Crippen LogP contribution in [0, 0.1) is 0 Å². The van der Waals surface area contributed by atoms with Crippen molar-refractivity contribution in [1.82, 2.24) is 19.5 Å². The molecule has 0 aromatic carbocycles. The number of carbonyl (C=O) groups is 1. The van der Waals surface area contributed by atoms with E-state index in [4.69, 9.17) is 0 Å². The third-order valence-corrected chi connectivity index (χ3v) is 6.42. The second-order valence-corrected chi connectivity index (χ2v) is 8.82. The number of nitrogens with zero attached hydrogens (tertiary/aromatic N) is 5. The number of carbonyl (C=O) groups excluding carboxylic acids is 1. The minimum Gasteiger partial charge on any atom is -0.324 e. The van der Waals surface area contributed by atoms with Gasteiger partial charge < -0.3 is 9.47 Å². The number of fused-ring (bicyclic) bond motifs is 1. The highest BCUT2D eigenvalue weighted by molar-refractivity contribution is 7.91. The fourth-order valence-electron chi connectivity index (χ4n) is 2.82. The summed E-state index contributed by atoms with van der Waals surface area (Å²) in [6.45, 7) is 2.77. The van der Waals surface area contributed by atoms with Gasteiger partial charge in [0.2, 0.25) is 5.91 Å². The van der Waals surface area contributed by atoms with Crippen LogP contribution in [-0.2, 0) is 27.9 Å². The number of hydrogen-bond donors (Lipinski definition) is 0. The molecule has 0 saturated carbocycles. The normalized spacial score (nSPS) is 12.4. The summed E-state index contributed by atoms with van der Waals surface area (Å²) >= 11 is 0. The van der Waals surface area contributed by atoms with Gasteiger partial charge in [-0.25, -0.2) is 23.4 Å². The number of imidazole rings is 1. The number of amides is 1. The Labute approximate surface area is 170 Å². The number of anilines is 1. The molecule has 8 nitrogen and oxygen atoms in total. The molecular weight excluding hydrogens is 423 g/mol. The minimum atomic E-state index is -4.64. The highest BCUT2D eigenvalue weighted by atomic mass is 32.2. The number of halogens is 3. The van der Waals surface area contributed by atoms with E-state index in [1.807, 2.05) is 0 Å². The Morgan fingerprint density at radius 1 is 1.20 bits per heavy atom. The lowest BCUT2D eigenvalue weighted by Gasteiger charge is -2.17. The maximum absolute atomic E-state index is 13.0. The molecule has 0 aliphatic heterocycles. The number of pyridine rings is 2. The Balaban J connectivity index is 2.28. The van der Waals surface area contributed by atoms with Gasteiger partial charge in [0.1, 0.15) is 11.4 Å². The van der Waals surface area contributed by atoms with E-state index in [2.05, 4.69) is 15.0 Å². The maximum Gasteiger partial charge on any atom is 0.433 e. The molecule has 3 aromatic heterocycles. The molecule has 3 aromatic rings. The smallest absolute Gasteiger partial charge is 0.324 e. The van der Waals surface area contributed by atoms with E-state index in [1.54, 1.807) is 0 Å². The molecule has 0 aliphatic rings. The lowest BCUT2D eigenvalue weighted by molar-refractivity contribution is -0.141. The molecule has 0 spiro atoms. The molecule has 1 amide bonds. The van der Waals surface area contributed by atoms with Crippen molar-refractivity contribution in [3.05, 3.63) is 30.2 Å². The van der Waals surface area contributed by atoms with E-state index in [1.165, 1.54) is 49.7 Å². The van der Waals surface area contributed by atoms with E-state index >= 15 is 0 Å². The zero-order valence-corrected chi connectivity index (χ0v) is 17.3. The van der Waals surface area contributed by atoms with Crippen molar-refractivity contribution in [2.24, 2.45) is 7.05 Å². The van der Waals surface area contributed by atoms with Crippen LogP contribution in [-0.4, -0.2) is 46.6 Å². The Morgan fingerprint density at radius 3 is 2.43 bits per heavy atom. The first-order valence-electron chi connectivity index (χ1n) is 8.74. The summed E-state index contributed by atoms with van der Waals surface area (Å²) in [5, 5.41) is 0. The highest BCUT2D eigenvalue weighted by Gasteiger charge is 2.33. The zero-order valence-electron chi connectivity index (χ0n) is 16.5. The highest BCUT2D eigenvalue weighted by Crippen LogP contribution is 2.33. The number of alkyl halides is 3. The van der Waals surface area contributed by atoms with Crippen LogP contribution in [0.2, 0.25) is 0 Å². The zero-order chi connectivity index (χ0) is 22.4. The van der Waals surface area contributed by atoms with Crippen LogP contribution in [0.3, 0.4) is 0 Å². The molecule has 0 bridgehead atoms. The number of aryl methyl sites for hydroxylation is 1. The van der Waals surface area contributed by atoms with E-state index in [0.29, 0.717) is 0 Å². The second-order valence-electron chi connectivity index (χ2n) is 6.57. The predicted octanol–water partition coefficient (Wildman–Crippen LogP) is 2.83. The lowest BCUT2D eigenvalue weighted by Crippen LogP contribution is -2.23. The van der Waals surface area contributed by atoms with Gasteiger partial charge in [0, 0.05) is 21.0 Å². The third-order valence-electron chi connectivity index (χ3n) is 4.68. The van der Waals surface area contributed by atoms with E-state index in [0.717, 1.165) is 12.3 Å². The Morgan fingerprint density at radius 2 is 1.87 bits per heavy atom. The summed E-state index contributed by atoms with van der Waals surface area (Å²) < 4.78 is 65.8. The fourth-order valence-corrected chi connectivity index (χ4v) is 3.87. The van der Waals surface area contributed by atoms with E-state index in [9.17, 15) is 26.4 Å². The molecule has 160 valence electrons. The molecule has 0 saturated heterocycles. The lowest BCUT2D eigenvalue weighted by atomic mass is 10.3. The average Bonchev–Trinajstić information content (AvgIpc) is 3.02. The second kappa shape index (κ2) is 7.35. The first-order chi connectivity index (χ1) is 13.9. The Kier molecular flexibility index (Phi) is 5.31. The van der Waals surface area contributed by atoms with Crippen LogP contribution >= 0.6 is 0 Å². The van der Waals surface area contributed by atoms with Crippen LogP contribution in [0.15, 0.2) is 29.4 Å². The molecule has 0 aliphatic carbocycles. The molecule has 0 unspecified atom stereocenters. The fraction of sp³-hybridized carbons (Fsp3) is 0.333. The Bertz CT molecular complexity index is 1250. The molecule has 0 radical (unpaired) electrons. The first kappa shape index (κ1) is 21.7. The first-order valence-corrected chi connectivity index (χ1v) is 10.4. The van der Waals surface area contributed by atoms with Crippen molar-refractivity contribution in [2.75, 3.05) is 17.7 Å². The van der Waals surface area contributed by atoms with E-state index in [-0.39, 0.29) is 44.8 Å². The van der Waals surface area contributed by atoms with Crippen molar-refractivity contribution in [3.63, 3.8) is 0 Å². The van der Waals surface area contributed by atoms with Crippen LogP contribution in [0.5, 0.6) is 0 Å². The summed E-state index contributed by atoms with van der Waals surface area (Å²) in [5.41, 5.74) is -0.582. The summed E-state index contributed by atoms with van der Waals surface area (Å²) in [4.78, 5) is 24.5. The molecule has 12 heteroatoms. The van der Waals surface area contributed by atoms with Gasteiger partial charge in [0.15, 0.2) is 15.7 Å². The van der Waals surface area contributed by atoms with Gasteiger partial charge in [-0.1, -0.05) is 6.92 Å². The standard InChI is InChI=1S/C18H18F3N5O3S/c1-5-30(28,29)14-6-11(25(3)10(2)27)8-23-16(14)17-24-12-7-15(18(19,20)21)22-9-13(12)26(17)4/h6-9H,5H2,1-4H3. The molecule has 0 atom stereocenters. The van der Waals surface area contributed by atoms with Gasteiger partial charge in [-0.05, 0) is 12.1 Å². The van der Waals surface area contributed by atoms with Crippen LogP contribution in [0.4, 0.5) is 18.9 Å². The van der Waals surface area contributed by atoms with Crippen LogP contribution < -0.4 is 4.90 Å². The molecule has 0 fully saturated rings. The number of rotatable bonds is 4. The van der Waals surface area contributed by atoms with Gasteiger partial charge in [0.25, 0.3) is 0 Å². The van der Waals surface area contributed by atoms with Crippen molar-refractivity contribution in [1.29, 1.82) is 0 Å². The summed E-state index contributed by atoms with van der Waals surface area (Å²) in [6.07, 6.45) is -2.30. The van der Waals surface area contributed by atoms with Gasteiger partial charge in [-0.2, -0.15) is 13.2 Å². The monoisotopic (exact) mass is 441 g/mol. The molecule has 0 N–H and O–H groups in total. The van der Waals surface area contributed by atoms with Crippen molar-refractivity contribution in [3.8, 4) is 11.5 Å². The molecule has 3 heterocycles. The topological polar surface area (TPSA) is 98.1 Å². The van der Waals surface area contributed by atoms with Crippen molar-refractivity contribution in [2.45, 2.75) is 24.9 Å². The van der Waals surface area contributed by atoms with Gasteiger partial charge in [-0.3, -0.25) is 4.79 Å². The maximum atomic E-state index is 13.0. The Hall–Kier alpha value is -3.02. The van der Waals surface area contributed by atoms with Crippen molar-refractivity contribution >= 4 is 32.5 Å². The van der Waals surface area contributed by atoms with Crippen LogP contribution in [0.25, 0.3) is 22.6 Å². The summed E-state index contributed by atoms with van der Waals surface area (Å²) in [7, 11) is -0.794. The summed E-state index contributed by atoms with van der Waals surface area (Å²) in [5.74, 6) is -0.494. The van der Waals surface area contributed by atoms with Gasteiger partial charge in [0.05, 0.1) is 39.8 Å². The number of aromatic nitrogens is 4.